The molecule has 1 atom stereocenters. The Labute approximate surface area is 166 Å². The first-order valence-corrected chi connectivity index (χ1v) is 10.8. The topological polar surface area (TPSA) is 75.7 Å². The van der Waals surface area contributed by atoms with Crippen LogP contribution >= 0.6 is 0 Å². The van der Waals surface area contributed by atoms with E-state index in [0.717, 1.165) is 11.8 Å². The van der Waals surface area contributed by atoms with Gasteiger partial charge in [0.1, 0.15) is 18.4 Å². The van der Waals surface area contributed by atoms with Crippen LogP contribution in [0.5, 0.6) is 5.75 Å². The Kier molecular flexibility index (Phi) is 7.23. The van der Waals surface area contributed by atoms with E-state index < -0.39 is 22.0 Å². The number of hydrogen-bond acceptors (Lipinski definition) is 4. The molecule has 28 heavy (non-hydrogen) atoms. The third-order valence-electron chi connectivity index (χ3n) is 4.11. The molecule has 2 aromatic carbocycles. The molecule has 0 unspecified atom stereocenters. The van der Waals surface area contributed by atoms with Crippen molar-refractivity contribution in [3.8, 4) is 5.75 Å². The number of benzene rings is 2. The van der Waals surface area contributed by atoms with Gasteiger partial charge in [0.15, 0.2) is 0 Å². The van der Waals surface area contributed by atoms with Crippen LogP contribution in [0.3, 0.4) is 0 Å². The van der Waals surface area contributed by atoms with E-state index in [0.29, 0.717) is 30.2 Å². The molecule has 0 aliphatic carbocycles. The van der Waals surface area contributed by atoms with Gasteiger partial charge in [0, 0.05) is 5.69 Å². The molecule has 150 valence electrons. The number of carbonyl (C=O) groups excluding carboxylic acids is 1. The van der Waals surface area contributed by atoms with Crippen LogP contribution in [0.25, 0.3) is 0 Å². The molecule has 6 nitrogen and oxygen atoms in total. The van der Waals surface area contributed by atoms with Gasteiger partial charge in [-0.1, -0.05) is 37.3 Å². The smallest absolute Gasteiger partial charge is 0.248 e. The van der Waals surface area contributed by atoms with Crippen LogP contribution in [0, 0.1) is 6.92 Å². The van der Waals surface area contributed by atoms with Crippen LogP contribution in [0.2, 0.25) is 0 Å². The quantitative estimate of drug-likeness (QED) is 0.648. The zero-order chi connectivity index (χ0) is 20.7. The van der Waals surface area contributed by atoms with Gasteiger partial charge in [-0.15, -0.1) is 0 Å². The highest BCUT2D eigenvalue weighted by Gasteiger charge is 2.31. The van der Waals surface area contributed by atoms with Crippen LogP contribution in [0.1, 0.15) is 18.9 Å². The second-order valence-electron chi connectivity index (χ2n) is 6.43. The SMILES string of the molecule is C=CCOc1ccc(NC(=O)[C@@H](CC)N(c2ccc(C)cc2)S(C)(=O)=O)cc1. The van der Waals surface area contributed by atoms with Crippen LogP contribution < -0.4 is 14.4 Å². The largest absolute Gasteiger partial charge is 0.490 e. The molecule has 0 heterocycles. The van der Waals surface area contributed by atoms with Gasteiger partial charge in [-0.05, 0) is 49.7 Å². The molecule has 0 saturated carbocycles. The van der Waals surface area contributed by atoms with Crippen molar-refractivity contribution in [2.45, 2.75) is 26.3 Å². The fourth-order valence-corrected chi connectivity index (χ4v) is 3.98. The van der Waals surface area contributed by atoms with Crippen molar-refractivity contribution in [3.05, 3.63) is 66.7 Å². The summed E-state index contributed by atoms with van der Waals surface area (Å²) in [5.41, 5.74) is 2.03. The van der Waals surface area contributed by atoms with E-state index in [1.807, 2.05) is 19.1 Å². The van der Waals surface area contributed by atoms with Crippen molar-refractivity contribution in [3.63, 3.8) is 0 Å². The van der Waals surface area contributed by atoms with E-state index in [4.69, 9.17) is 4.74 Å². The minimum absolute atomic E-state index is 0.327. The van der Waals surface area contributed by atoms with Gasteiger partial charge in [-0.25, -0.2) is 8.42 Å². The van der Waals surface area contributed by atoms with Crippen molar-refractivity contribution < 1.29 is 17.9 Å². The van der Waals surface area contributed by atoms with Gasteiger partial charge in [-0.2, -0.15) is 0 Å². The molecule has 0 aliphatic heterocycles. The fourth-order valence-electron chi connectivity index (χ4n) is 2.77. The summed E-state index contributed by atoms with van der Waals surface area (Å²) < 4.78 is 31.5. The molecular formula is C21H26N2O4S. The van der Waals surface area contributed by atoms with Gasteiger partial charge in [0.25, 0.3) is 0 Å². The summed E-state index contributed by atoms with van der Waals surface area (Å²) in [6, 6.07) is 13.1. The van der Waals surface area contributed by atoms with Crippen molar-refractivity contribution in [2.24, 2.45) is 0 Å². The average Bonchev–Trinajstić information content (AvgIpc) is 2.65. The predicted molar refractivity (Wildman–Crippen MR) is 113 cm³/mol. The van der Waals surface area contributed by atoms with Crippen LogP contribution in [0.15, 0.2) is 61.2 Å². The number of sulfonamides is 1. The number of nitrogens with one attached hydrogen (secondary N) is 1. The molecule has 7 heteroatoms. The van der Waals surface area contributed by atoms with Gasteiger partial charge < -0.3 is 10.1 Å². The number of carbonyl (C=O) groups is 1. The molecule has 0 bridgehead atoms. The predicted octanol–water partition coefficient (Wildman–Crippen LogP) is 3.74. The van der Waals surface area contributed by atoms with E-state index in [1.165, 1.54) is 4.31 Å². The third-order valence-corrected chi connectivity index (χ3v) is 5.29. The second-order valence-corrected chi connectivity index (χ2v) is 8.29. The summed E-state index contributed by atoms with van der Waals surface area (Å²) in [4.78, 5) is 12.9. The second kappa shape index (κ2) is 9.41. The molecule has 1 N–H and O–H groups in total. The molecule has 0 fully saturated rings. The lowest BCUT2D eigenvalue weighted by molar-refractivity contribution is -0.117. The summed E-state index contributed by atoms with van der Waals surface area (Å²) >= 11 is 0. The monoisotopic (exact) mass is 402 g/mol. The van der Waals surface area contributed by atoms with Crippen molar-refractivity contribution in [2.75, 3.05) is 22.5 Å². The van der Waals surface area contributed by atoms with Crippen molar-refractivity contribution in [1.29, 1.82) is 0 Å². The van der Waals surface area contributed by atoms with Gasteiger partial charge in [0.2, 0.25) is 15.9 Å². The molecule has 0 spiro atoms. The summed E-state index contributed by atoms with van der Waals surface area (Å²) in [5.74, 6) is 0.260. The lowest BCUT2D eigenvalue weighted by Gasteiger charge is -2.30. The fraction of sp³-hybridized carbons (Fsp3) is 0.286. The van der Waals surface area contributed by atoms with Gasteiger partial charge >= 0.3 is 0 Å². The number of rotatable bonds is 9. The Balaban J connectivity index is 2.24. The van der Waals surface area contributed by atoms with E-state index in [2.05, 4.69) is 11.9 Å². The molecule has 0 aromatic heterocycles. The average molecular weight is 403 g/mol. The zero-order valence-corrected chi connectivity index (χ0v) is 17.2. The first-order valence-electron chi connectivity index (χ1n) is 8.97. The maximum Gasteiger partial charge on any atom is 0.248 e. The molecule has 1 amide bonds. The molecule has 2 aromatic rings. The highest BCUT2D eigenvalue weighted by molar-refractivity contribution is 7.92. The highest BCUT2D eigenvalue weighted by Crippen LogP contribution is 2.24. The van der Waals surface area contributed by atoms with Gasteiger partial charge in [-0.3, -0.25) is 9.10 Å². The first kappa shape index (κ1) is 21.5. The summed E-state index contributed by atoms with van der Waals surface area (Å²) in [5, 5.41) is 2.79. The van der Waals surface area contributed by atoms with Crippen LogP contribution in [-0.4, -0.2) is 33.2 Å². The molecule has 0 radical (unpaired) electrons. The lowest BCUT2D eigenvalue weighted by Crippen LogP contribution is -2.47. The number of anilines is 2. The molecule has 0 saturated heterocycles. The highest BCUT2D eigenvalue weighted by atomic mass is 32.2. The van der Waals surface area contributed by atoms with E-state index in [1.54, 1.807) is 49.4 Å². The number of nitrogens with zero attached hydrogens (tertiary/aromatic N) is 1. The van der Waals surface area contributed by atoms with E-state index in [9.17, 15) is 13.2 Å². The minimum Gasteiger partial charge on any atom is -0.490 e. The molecular weight excluding hydrogens is 376 g/mol. The Hall–Kier alpha value is -2.80. The van der Waals surface area contributed by atoms with E-state index in [-0.39, 0.29) is 0 Å². The number of hydrogen-bond donors (Lipinski definition) is 1. The summed E-state index contributed by atoms with van der Waals surface area (Å²) in [6.07, 6.45) is 3.08. The normalized spacial score (nSPS) is 12.1. The number of aryl methyl sites for hydroxylation is 1. The van der Waals surface area contributed by atoms with Crippen molar-refractivity contribution >= 4 is 27.3 Å². The standard InChI is InChI=1S/C21H26N2O4S/c1-5-15-27-19-13-9-17(10-14-19)22-21(24)20(6-2)23(28(4,25)26)18-11-7-16(3)8-12-18/h5,7-14,20H,1,6,15H2,2-4H3,(H,22,24)/t20-/m1/s1. The first-order chi connectivity index (χ1) is 13.3. The van der Waals surface area contributed by atoms with Crippen LogP contribution in [0.4, 0.5) is 11.4 Å². The molecule has 0 aliphatic rings. The van der Waals surface area contributed by atoms with Gasteiger partial charge in [0.05, 0.1) is 11.9 Å². The Bertz CT molecular complexity index is 906. The lowest BCUT2D eigenvalue weighted by atomic mass is 10.1. The van der Waals surface area contributed by atoms with Crippen LogP contribution in [-0.2, 0) is 14.8 Å². The summed E-state index contributed by atoms with van der Waals surface area (Å²) in [6.45, 7) is 7.68. The Morgan fingerprint density at radius 2 is 1.79 bits per heavy atom. The number of amides is 1. The third kappa shape index (κ3) is 5.60. The van der Waals surface area contributed by atoms with Crippen molar-refractivity contribution in [1.82, 2.24) is 0 Å². The maximum absolute atomic E-state index is 12.9. The Morgan fingerprint density at radius 1 is 1.18 bits per heavy atom. The Morgan fingerprint density at radius 3 is 2.29 bits per heavy atom. The number of ether oxygens (including phenoxy) is 1. The minimum atomic E-state index is -3.65. The summed E-state index contributed by atoms with van der Waals surface area (Å²) in [7, 11) is -3.65. The van der Waals surface area contributed by atoms with E-state index >= 15 is 0 Å². The molecule has 2 rings (SSSR count). The maximum atomic E-state index is 12.9. The zero-order valence-electron chi connectivity index (χ0n) is 16.4.